The first kappa shape index (κ1) is 11.1. The molecule has 0 heterocycles. The van der Waals surface area contributed by atoms with E-state index >= 15 is 0 Å². The number of carbonyl (C=O) groups excluding carboxylic acids is 1. The number of esters is 1. The lowest BCUT2D eigenvalue weighted by Crippen LogP contribution is -2.05. The highest BCUT2D eigenvalue weighted by Gasteiger charge is 2.09. The molecule has 0 unspecified atom stereocenters. The molecule has 0 amide bonds. The number of aryl methyl sites for hydroxylation is 1. The molecule has 2 nitrogen and oxygen atoms in total. The molecule has 3 heteroatoms. The van der Waals surface area contributed by atoms with Crippen LogP contribution in [0.15, 0.2) is 24.3 Å². The van der Waals surface area contributed by atoms with Crippen molar-refractivity contribution < 1.29 is 9.53 Å². The van der Waals surface area contributed by atoms with Crippen LogP contribution in [0.5, 0.6) is 0 Å². The van der Waals surface area contributed by atoms with Gasteiger partial charge in [0.15, 0.2) is 0 Å². The van der Waals surface area contributed by atoms with Gasteiger partial charge in [-0.3, -0.25) is 0 Å². The van der Waals surface area contributed by atoms with Gasteiger partial charge in [0.25, 0.3) is 0 Å². The summed E-state index contributed by atoms with van der Waals surface area (Å²) < 4.78 is 4.68. The van der Waals surface area contributed by atoms with Crippen molar-refractivity contribution in [2.45, 2.75) is 12.8 Å². The van der Waals surface area contributed by atoms with Gasteiger partial charge in [0, 0.05) is 5.88 Å². The highest BCUT2D eigenvalue weighted by Crippen LogP contribution is 2.12. The second-order valence-corrected chi connectivity index (χ2v) is 3.32. The van der Waals surface area contributed by atoms with Crippen molar-refractivity contribution in [3.05, 3.63) is 35.4 Å². The van der Waals surface area contributed by atoms with Crippen molar-refractivity contribution >= 4 is 17.6 Å². The Balaban J connectivity index is 2.85. The molecule has 0 aliphatic rings. The highest BCUT2D eigenvalue weighted by atomic mass is 35.5. The van der Waals surface area contributed by atoms with E-state index in [1.807, 2.05) is 18.2 Å². The number of halogens is 1. The largest absolute Gasteiger partial charge is 0.465 e. The zero-order chi connectivity index (χ0) is 10.4. The smallest absolute Gasteiger partial charge is 0.338 e. The minimum absolute atomic E-state index is 0.282. The Labute approximate surface area is 88.8 Å². The molecule has 0 atom stereocenters. The first-order chi connectivity index (χ1) is 6.79. The lowest BCUT2D eigenvalue weighted by molar-refractivity contribution is 0.0599. The summed E-state index contributed by atoms with van der Waals surface area (Å²) in [6.45, 7) is 0. The number of hydrogen-bond acceptors (Lipinski definition) is 2. The Morgan fingerprint density at radius 3 is 2.79 bits per heavy atom. The molecule has 0 bridgehead atoms. The lowest BCUT2D eigenvalue weighted by atomic mass is 10.0. The third-order valence-corrected chi connectivity index (χ3v) is 2.27. The standard InChI is InChI=1S/C11H13ClO2/c1-14-11(13)10-7-3-2-5-9(10)6-4-8-12/h2-3,5,7H,4,6,8H2,1H3. The molecule has 0 aliphatic heterocycles. The van der Waals surface area contributed by atoms with E-state index in [-0.39, 0.29) is 5.97 Å². The van der Waals surface area contributed by atoms with Gasteiger partial charge in [-0.05, 0) is 24.5 Å². The van der Waals surface area contributed by atoms with E-state index < -0.39 is 0 Å². The fourth-order valence-corrected chi connectivity index (χ4v) is 1.44. The fourth-order valence-electron chi connectivity index (χ4n) is 1.30. The first-order valence-electron chi connectivity index (χ1n) is 4.51. The van der Waals surface area contributed by atoms with Crippen LogP contribution in [-0.2, 0) is 11.2 Å². The predicted molar refractivity (Wildman–Crippen MR) is 56.8 cm³/mol. The van der Waals surface area contributed by atoms with Crippen molar-refractivity contribution in [3.8, 4) is 0 Å². The topological polar surface area (TPSA) is 26.3 Å². The van der Waals surface area contributed by atoms with Gasteiger partial charge in [-0.25, -0.2) is 4.79 Å². The van der Waals surface area contributed by atoms with Crippen LogP contribution in [-0.4, -0.2) is 19.0 Å². The second kappa shape index (κ2) is 5.66. The maximum atomic E-state index is 11.3. The van der Waals surface area contributed by atoms with Gasteiger partial charge in [0.2, 0.25) is 0 Å². The van der Waals surface area contributed by atoms with Gasteiger partial charge < -0.3 is 4.74 Å². The Hall–Kier alpha value is -1.02. The number of ether oxygens (including phenoxy) is 1. The number of alkyl halides is 1. The number of carbonyl (C=O) groups is 1. The molecule has 0 aromatic heterocycles. The SMILES string of the molecule is COC(=O)c1ccccc1CCCCl. The summed E-state index contributed by atoms with van der Waals surface area (Å²) in [4.78, 5) is 11.3. The van der Waals surface area contributed by atoms with Crippen molar-refractivity contribution in [2.24, 2.45) is 0 Å². The summed E-state index contributed by atoms with van der Waals surface area (Å²) >= 11 is 5.60. The van der Waals surface area contributed by atoms with Crippen molar-refractivity contribution in [3.63, 3.8) is 0 Å². The van der Waals surface area contributed by atoms with Crippen LogP contribution in [0.2, 0.25) is 0 Å². The average Bonchev–Trinajstić information content (AvgIpc) is 2.25. The maximum Gasteiger partial charge on any atom is 0.338 e. The molecule has 0 saturated heterocycles. The van der Waals surface area contributed by atoms with E-state index in [9.17, 15) is 4.79 Å². The Morgan fingerprint density at radius 1 is 1.43 bits per heavy atom. The van der Waals surface area contributed by atoms with E-state index in [2.05, 4.69) is 4.74 Å². The molecule has 14 heavy (non-hydrogen) atoms. The van der Waals surface area contributed by atoms with Gasteiger partial charge in [-0.1, -0.05) is 18.2 Å². The molecule has 76 valence electrons. The average molecular weight is 213 g/mol. The molecular weight excluding hydrogens is 200 g/mol. The molecule has 1 aromatic rings. The molecule has 0 fully saturated rings. The predicted octanol–water partition coefficient (Wildman–Crippen LogP) is 2.64. The lowest BCUT2D eigenvalue weighted by Gasteiger charge is -2.06. The fraction of sp³-hybridized carbons (Fsp3) is 0.364. The summed E-state index contributed by atoms with van der Waals surface area (Å²) in [6.07, 6.45) is 1.68. The maximum absolute atomic E-state index is 11.3. The monoisotopic (exact) mass is 212 g/mol. The van der Waals surface area contributed by atoms with Crippen LogP contribution in [0.3, 0.4) is 0 Å². The quantitative estimate of drug-likeness (QED) is 0.567. The van der Waals surface area contributed by atoms with Crippen LogP contribution in [0.4, 0.5) is 0 Å². The highest BCUT2D eigenvalue weighted by molar-refractivity contribution is 6.17. The first-order valence-corrected chi connectivity index (χ1v) is 5.05. The van der Waals surface area contributed by atoms with Crippen LogP contribution in [0.1, 0.15) is 22.3 Å². The number of methoxy groups -OCH3 is 1. The van der Waals surface area contributed by atoms with E-state index in [0.29, 0.717) is 11.4 Å². The zero-order valence-electron chi connectivity index (χ0n) is 8.13. The third kappa shape index (κ3) is 2.74. The van der Waals surface area contributed by atoms with E-state index in [1.54, 1.807) is 6.07 Å². The molecule has 0 spiro atoms. The Bertz CT molecular complexity index is 310. The molecule has 1 rings (SSSR count). The van der Waals surface area contributed by atoms with E-state index in [4.69, 9.17) is 11.6 Å². The summed E-state index contributed by atoms with van der Waals surface area (Å²) in [5, 5.41) is 0. The van der Waals surface area contributed by atoms with Gasteiger partial charge in [0.1, 0.15) is 0 Å². The zero-order valence-corrected chi connectivity index (χ0v) is 8.88. The van der Waals surface area contributed by atoms with Gasteiger partial charge in [-0.2, -0.15) is 0 Å². The van der Waals surface area contributed by atoms with Crippen LogP contribution >= 0.6 is 11.6 Å². The molecular formula is C11H13ClO2. The number of benzene rings is 1. The minimum Gasteiger partial charge on any atom is -0.465 e. The van der Waals surface area contributed by atoms with E-state index in [1.165, 1.54) is 7.11 Å². The third-order valence-electron chi connectivity index (χ3n) is 2.00. The van der Waals surface area contributed by atoms with Gasteiger partial charge in [-0.15, -0.1) is 11.6 Å². The van der Waals surface area contributed by atoms with Crippen molar-refractivity contribution in [1.29, 1.82) is 0 Å². The molecule has 0 saturated carbocycles. The van der Waals surface area contributed by atoms with Crippen LogP contribution < -0.4 is 0 Å². The number of hydrogen-bond donors (Lipinski definition) is 0. The Kier molecular flexibility index (Phi) is 4.47. The summed E-state index contributed by atoms with van der Waals surface area (Å²) in [7, 11) is 1.39. The summed E-state index contributed by atoms with van der Waals surface area (Å²) in [6, 6.07) is 7.45. The summed E-state index contributed by atoms with van der Waals surface area (Å²) in [5.41, 5.74) is 1.64. The molecule has 0 N–H and O–H groups in total. The summed E-state index contributed by atoms with van der Waals surface area (Å²) in [5.74, 6) is 0.324. The van der Waals surface area contributed by atoms with Gasteiger partial charge >= 0.3 is 5.97 Å². The Morgan fingerprint density at radius 2 is 2.14 bits per heavy atom. The molecule has 1 aromatic carbocycles. The normalized spacial score (nSPS) is 9.86. The van der Waals surface area contributed by atoms with Crippen molar-refractivity contribution in [1.82, 2.24) is 0 Å². The van der Waals surface area contributed by atoms with Crippen LogP contribution in [0, 0.1) is 0 Å². The minimum atomic E-state index is -0.282. The van der Waals surface area contributed by atoms with E-state index in [0.717, 1.165) is 18.4 Å². The van der Waals surface area contributed by atoms with Crippen LogP contribution in [0.25, 0.3) is 0 Å². The number of rotatable bonds is 4. The van der Waals surface area contributed by atoms with Gasteiger partial charge in [0.05, 0.1) is 12.7 Å². The van der Waals surface area contributed by atoms with Crippen molar-refractivity contribution in [2.75, 3.05) is 13.0 Å². The second-order valence-electron chi connectivity index (χ2n) is 2.94. The molecule has 0 aliphatic carbocycles. The molecule has 0 radical (unpaired) electrons.